The second kappa shape index (κ2) is 10.7. The van der Waals surface area contributed by atoms with Crippen molar-refractivity contribution in [3.8, 4) is 11.1 Å². The zero-order valence-electron chi connectivity index (χ0n) is 20.4. The number of primary amides is 1. The number of benzene rings is 4. The van der Waals surface area contributed by atoms with E-state index in [-0.39, 0.29) is 11.7 Å². The lowest BCUT2D eigenvalue weighted by atomic mass is 9.96. The summed E-state index contributed by atoms with van der Waals surface area (Å²) in [5.74, 6) is -0.935. The second-order valence-electron chi connectivity index (χ2n) is 9.25. The Balaban J connectivity index is 1.36. The highest BCUT2D eigenvalue weighted by Crippen LogP contribution is 2.31. The first-order valence-electron chi connectivity index (χ1n) is 12.4. The van der Waals surface area contributed by atoms with Gasteiger partial charge in [-0.05, 0) is 71.5 Å². The minimum atomic E-state index is -0.518. The third-order valence-corrected chi connectivity index (χ3v) is 6.76. The van der Waals surface area contributed by atoms with Crippen LogP contribution in [0.5, 0.6) is 0 Å². The molecule has 37 heavy (non-hydrogen) atoms. The molecule has 4 aromatic carbocycles. The van der Waals surface area contributed by atoms with Crippen LogP contribution in [0.4, 0.5) is 10.1 Å². The number of nitrogens with zero attached hydrogens (tertiary/aromatic N) is 1. The summed E-state index contributed by atoms with van der Waals surface area (Å²) in [6.45, 7) is 1.64. The van der Waals surface area contributed by atoms with Gasteiger partial charge in [0.2, 0.25) is 5.91 Å². The highest BCUT2D eigenvalue weighted by molar-refractivity contribution is 5.99. The average Bonchev–Trinajstić information content (AvgIpc) is 2.93. The second-order valence-corrected chi connectivity index (χ2v) is 9.25. The molecule has 5 rings (SSSR count). The maximum absolute atomic E-state index is 14.9. The predicted octanol–water partition coefficient (Wildman–Crippen LogP) is 5.47. The van der Waals surface area contributed by atoms with Crippen LogP contribution in [0.3, 0.4) is 0 Å². The molecule has 6 heteroatoms. The van der Waals surface area contributed by atoms with E-state index in [9.17, 15) is 14.0 Å². The SMILES string of the molecule is NC(=O)c1ccccc1-c1ccc(F)c(CN2CCCc3cc(C(=O)NCc4ccccc4)ccc32)c1. The summed E-state index contributed by atoms with van der Waals surface area (Å²) in [6.07, 6.45) is 1.77. The minimum absolute atomic E-state index is 0.115. The van der Waals surface area contributed by atoms with Crippen molar-refractivity contribution in [1.82, 2.24) is 5.32 Å². The molecule has 0 radical (unpaired) electrons. The molecule has 0 fully saturated rings. The van der Waals surface area contributed by atoms with Crippen molar-refractivity contribution in [2.24, 2.45) is 5.73 Å². The number of halogens is 1. The zero-order chi connectivity index (χ0) is 25.8. The first kappa shape index (κ1) is 24.3. The van der Waals surface area contributed by atoms with E-state index in [2.05, 4.69) is 10.2 Å². The van der Waals surface area contributed by atoms with Crippen molar-refractivity contribution in [3.63, 3.8) is 0 Å². The van der Waals surface area contributed by atoms with Gasteiger partial charge in [0.1, 0.15) is 5.82 Å². The number of carbonyl (C=O) groups is 2. The fourth-order valence-electron chi connectivity index (χ4n) is 4.88. The van der Waals surface area contributed by atoms with Gasteiger partial charge in [-0.15, -0.1) is 0 Å². The Hall–Kier alpha value is -4.45. The summed E-state index contributed by atoms with van der Waals surface area (Å²) < 4.78 is 14.9. The minimum Gasteiger partial charge on any atom is -0.367 e. The van der Waals surface area contributed by atoms with E-state index in [1.807, 2.05) is 60.7 Å². The van der Waals surface area contributed by atoms with Crippen LogP contribution in [0.15, 0.2) is 91.0 Å². The molecule has 0 saturated carbocycles. The molecule has 0 unspecified atom stereocenters. The topological polar surface area (TPSA) is 75.4 Å². The normalized spacial score (nSPS) is 12.6. The Bertz CT molecular complexity index is 1450. The first-order chi connectivity index (χ1) is 18.0. The van der Waals surface area contributed by atoms with E-state index in [0.29, 0.717) is 35.3 Å². The Morgan fingerprint density at radius 3 is 2.51 bits per heavy atom. The van der Waals surface area contributed by atoms with Gasteiger partial charge in [0.15, 0.2) is 0 Å². The van der Waals surface area contributed by atoms with Crippen LogP contribution < -0.4 is 16.0 Å². The van der Waals surface area contributed by atoms with Gasteiger partial charge in [0.25, 0.3) is 5.91 Å². The lowest BCUT2D eigenvalue weighted by Crippen LogP contribution is -2.30. The highest BCUT2D eigenvalue weighted by Gasteiger charge is 2.21. The molecule has 1 aliphatic rings. The maximum atomic E-state index is 14.9. The number of aryl methyl sites for hydroxylation is 1. The quantitative estimate of drug-likeness (QED) is 0.358. The Labute approximate surface area is 215 Å². The Morgan fingerprint density at radius 1 is 0.919 bits per heavy atom. The molecule has 4 aromatic rings. The van der Waals surface area contributed by atoms with E-state index < -0.39 is 5.91 Å². The Kier molecular flexibility index (Phi) is 6.99. The summed E-state index contributed by atoms with van der Waals surface area (Å²) in [5.41, 5.74) is 11.7. The van der Waals surface area contributed by atoms with E-state index in [1.54, 1.807) is 24.3 Å². The molecule has 0 bridgehead atoms. The molecular weight excluding hydrogens is 465 g/mol. The van der Waals surface area contributed by atoms with E-state index >= 15 is 0 Å². The van der Waals surface area contributed by atoms with Gasteiger partial charge >= 0.3 is 0 Å². The van der Waals surface area contributed by atoms with Crippen LogP contribution in [0.2, 0.25) is 0 Å². The Morgan fingerprint density at radius 2 is 1.70 bits per heavy atom. The van der Waals surface area contributed by atoms with Crippen molar-refractivity contribution >= 4 is 17.5 Å². The van der Waals surface area contributed by atoms with Crippen molar-refractivity contribution in [3.05, 3.63) is 125 Å². The van der Waals surface area contributed by atoms with Crippen molar-refractivity contribution in [1.29, 1.82) is 0 Å². The van der Waals surface area contributed by atoms with E-state index in [4.69, 9.17) is 5.73 Å². The third-order valence-electron chi connectivity index (χ3n) is 6.76. The van der Waals surface area contributed by atoms with Gasteiger partial charge in [-0.2, -0.15) is 0 Å². The summed E-state index contributed by atoms with van der Waals surface area (Å²) in [6, 6.07) is 27.5. The van der Waals surface area contributed by atoms with Crippen LogP contribution in [0.1, 0.15) is 43.8 Å². The molecule has 186 valence electrons. The lowest BCUT2D eigenvalue weighted by Gasteiger charge is -2.32. The van der Waals surface area contributed by atoms with Crippen LogP contribution >= 0.6 is 0 Å². The van der Waals surface area contributed by atoms with E-state index in [1.165, 1.54) is 6.07 Å². The lowest BCUT2D eigenvalue weighted by molar-refractivity contribution is 0.0949. The molecule has 0 aliphatic carbocycles. The van der Waals surface area contributed by atoms with Gasteiger partial charge in [0.05, 0.1) is 0 Å². The molecule has 5 nitrogen and oxygen atoms in total. The molecule has 0 atom stereocenters. The number of nitrogens with two attached hydrogens (primary N) is 1. The number of hydrogen-bond donors (Lipinski definition) is 2. The maximum Gasteiger partial charge on any atom is 0.251 e. The van der Waals surface area contributed by atoms with Crippen molar-refractivity contribution in [2.75, 3.05) is 11.4 Å². The zero-order valence-corrected chi connectivity index (χ0v) is 20.4. The predicted molar refractivity (Wildman–Crippen MR) is 144 cm³/mol. The molecule has 2 amide bonds. The van der Waals surface area contributed by atoms with Gasteiger partial charge in [-0.1, -0.05) is 54.6 Å². The van der Waals surface area contributed by atoms with Gasteiger partial charge in [0, 0.05) is 42.0 Å². The number of carbonyl (C=O) groups excluding carboxylic acids is 2. The van der Waals surface area contributed by atoms with Gasteiger partial charge in [-0.3, -0.25) is 9.59 Å². The van der Waals surface area contributed by atoms with E-state index in [0.717, 1.165) is 41.8 Å². The van der Waals surface area contributed by atoms with Crippen LogP contribution in [0, 0.1) is 5.82 Å². The smallest absolute Gasteiger partial charge is 0.251 e. The standard InChI is InChI=1S/C31H28FN3O2/c32-28-14-12-22(26-10-4-5-11-27(26)30(33)36)17-25(28)20-35-16-6-9-23-18-24(13-15-29(23)35)31(37)34-19-21-7-2-1-3-8-21/h1-5,7-8,10-15,17-18H,6,9,16,19-20H2,(H2,33,36)(H,34,37). The summed E-state index contributed by atoms with van der Waals surface area (Å²) in [7, 11) is 0. The molecule has 0 saturated heterocycles. The molecular formula is C31H28FN3O2. The van der Waals surface area contributed by atoms with Gasteiger partial charge in [-0.25, -0.2) is 4.39 Å². The van der Waals surface area contributed by atoms with Crippen LogP contribution in [0.25, 0.3) is 11.1 Å². The monoisotopic (exact) mass is 493 g/mol. The number of hydrogen-bond acceptors (Lipinski definition) is 3. The molecule has 1 aliphatic heterocycles. The first-order valence-corrected chi connectivity index (χ1v) is 12.4. The summed E-state index contributed by atoms with van der Waals surface area (Å²) >= 11 is 0. The third kappa shape index (κ3) is 5.38. The highest BCUT2D eigenvalue weighted by atomic mass is 19.1. The largest absolute Gasteiger partial charge is 0.367 e. The molecule has 1 heterocycles. The van der Waals surface area contributed by atoms with Crippen molar-refractivity contribution < 1.29 is 14.0 Å². The number of rotatable bonds is 7. The number of amides is 2. The molecule has 3 N–H and O–H groups in total. The van der Waals surface area contributed by atoms with Gasteiger partial charge < -0.3 is 16.0 Å². The fraction of sp³-hybridized carbons (Fsp3) is 0.161. The number of anilines is 1. The molecule has 0 aromatic heterocycles. The summed E-state index contributed by atoms with van der Waals surface area (Å²) in [4.78, 5) is 26.8. The molecule has 0 spiro atoms. The fourth-order valence-corrected chi connectivity index (χ4v) is 4.88. The average molecular weight is 494 g/mol. The van der Waals surface area contributed by atoms with Crippen LogP contribution in [-0.4, -0.2) is 18.4 Å². The number of fused-ring (bicyclic) bond motifs is 1. The summed E-state index contributed by atoms with van der Waals surface area (Å²) in [5, 5.41) is 2.98. The van der Waals surface area contributed by atoms with Crippen molar-refractivity contribution in [2.45, 2.75) is 25.9 Å². The number of nitrogens with one attached hydrogen (secondary N) is 1. The van der Waals surface area contributed by atoms with Crippen LogP contribution in [-0.2, 0) is 19.5 Å².